The molecule has 1 fully saturated rings. The molecule has 12 heteroatoms. The lowest BCUT2D eigenvalue weighted by atomic mass is 10.0. The molecular weight excluding hydrogens is 481 g/mol. The average molecular weight is 510 g/mol. The van der Waals surface area contributed by atoms with E-state index in [4.69, 9.17) is 5.26 Å². The normalized spacial score (nSPS) is 15.3. The molecule has 37 heavy (non-hydrogen) atoms. The Balaban J connectivity index is 1.63. The van der Waals surface area contributed by atoms with Gasteiger partial charge in [0, 0.05) is 25.3 Å². The lowest BCUT2D eigenvalue weighted by Crippen LogP contribution is -2.43. The molecule has 194 valence electrons. The minimum Gasteiger partial charge on any atom is -0.465 e. The number of nitrogens with one attached hydrogen (secondary N) is 2. The zero-order chi connectivity index (χ0) is 26.7. The summed E-state index contributed by atoms with van der Waals surface area (Å²) in [5.41, 5.74) is 1.31. The van der Waals surface area contributed by atoms with Crippen LogP contribution in [0.25, 0.3) is 16.9 Å². The van der Waals surface area contributed by atoms with Crippen molar-refractivity contribution < 1.29 is 24.2 Å². The van der Waals surface area contributed by atoms with E-state index in [0.717, 1.165) is 0 Å². The Hall–Kier alpha value is -4.24. The highest BCUT2D eigenvalue weighted by atomic mass is 19.1. The second kappa shape index (κ2) is 10.4. The second-order valence-corrected chi connectivity index (χ2v) is 9.55. The Morgan fingerprint density at radius 2 is 2.00 bits per heavy atom. The predicted octanol–water partition coefficient (Wildman–Crippen LogP) is 2.66. The number of aromatic nitrogens is 3. The monoisotopic (exact) mass is 509 g/mol. The summed E-state index contributed by atoms with van der Waals surface area (Å²) in [5.74, 6) is -0.562. The Labute approximate surface area is 212 Å². The number of amides is 2. The summed E-state index contributed by atoms with van der Waals surface area (Å²) >= 11 is 0. The molecular formula is C25H28FN7O4. The SMILES string of the molecule is CC(C)(O)[C@H](F)CNC(=O)c1cnc(-c2ccc3cc(C#N)cnn23)cc1NC1CCN(C(=O)O)CC1. The Morgan fingerprint density at radius 1 is 1.27 bits per heavy atom. The minimum absolute atomic E-state index is 0.0944. The number of piperidine rings is 1. The van der Waals surface area contributed by atoms with Crippen molar-refractivity contribution in [1.82, 2.24) is 24.8 Å². The van der Waals surface area contributed by atoms with Crippen molar-refractivity contribution in [2.75, 3.05) is 25.0 Å². The molecule has 0 spiro atoms. The second-order valence-electron chi connectivity index (χ2n) is 9.55. The van der Waals surface area contributed by atoms with Crippen LogP contribution >= 0.6 is 0 Å². The van der Waals surface area contributed by atoms with Crippen LogP contribution in [-0.2, 0) is 0 Å². The summed E-state index contributed by atoms with van der Waals surface area (Å²) in [6.07, 6.45) is 1.29. The molecule has 1 atom stereocenters. The summed E-state index contributed by atoms with van der Waals surface area (Å²) in [6.45, 7) is 2.99. The summed E-state index contributed by atoms with van der Waals surface area (Å²) < 4.78 is 15.9. The van der Waals surface area contributed by atoms with Crippen molar-refractivity contribution in [2.24, 2.45) is 0 Å². The highest BCUT2D eigenvalue weighted by Crippen LogP contribution is 2.27. The van der Waals surface area contributed by atoms with Gasteiger partial charge in [0.25, 0.3) is 5.91 Å². The van der Waals surface area contributed by atoms with Crippen LogP contribution < -0.4 is 10.6 Å². The molecule has 0 saturated carbocycles. The number of alkyl halides is 1. The van der Waals surface area contributed by atoms with E-state index in [1.807, 2.05) is 0 Å². The van der Waals surface area contributed by atoms with Crippen LogP contribution in [0.3, 0.4) is 0 Å². The fourth-order valence-electron chi connectivity index (χ4n) is 4.11. The highest BCUT2D eigenvalue weighted by molar-refractivity contribution is 6.00. The van der Waals surface area contributed by atoms with E-state index in [9.17, 15) is 24.2 Å². The molecule has 0 aliphatic carbocycles. The van der Waals surface area contributed by atoms with Crippen LogP contribution in [0, 0.1) is 11.3 Å². The predicted molar refractivity (Wildman–Crippen MR) is 133 cm³/mol. The first-order chi connectivity index (χ1) is 17.6. The highest BCUT2D eigenvalue weighted by Gasteiger charge is 2.28. The number of nitriles is 1. The number of fused-ring (bicyclic) bond motifs is 1. The molecule has 2 amide bonds. The van der Waals surface area contributed by atoms with Crippen LogP contribution in [0.5, 0.6) is 0 Å². The fourth-order valence-corrected chi connectivity index (χ4v) is 4.11. The van der Waals surface area contributed by atoms with Gasteiger partial charge in [0.05, 0.1) is 52.1 Å². The van der Waals surface area contributed by atoms with Crippen molar-refractivity contribution in [2.45, 2.75) is 44.5 Å². The van der Waals surface area contributed by atoms with Gasteiger partial charge in [-0.3, -0.25) is 9.78 Å². The smallest absolute Gasteiger partial charge is 0.407 e. The first kappa shape index (κ1) is 25.8. The maximum Gasteiger partial charge on any atom is 0.407 e. The number of rotatable bonds is 7. The maximum absolute atomic E-state index is 14.2. The molecule has 0 unspecified atom stereocenters. The van der Waals surface area contributed by atoms with E-state index in [-0.39, 0.29) is 18.2 Å². The first-order valence-corrected chi connectivity index (χ1v) is 11.8. The number of halogens is 1. The lowest BCUT2D eigenvalue weighted by Gasteiger charge is -2.31. The maximum atomic E-state index is 14.2. The summed E-state index contributed by atoms with van der Waals surface area (Å²) in [4.78, 5) is 30.0. The molecule has 0 bridgehead atoms. The van der Waals surface area contributed by atoms with E-state index in [1.54, 1.807) is 28.8 Å². The van der Waals surface area contributed by atoms with Gasteiger partial charge in [-0.15, -0.1) is 0 Å². The van der Waals surface area contributed by atoms with E-state index in [1.165, 1.54) is 31.1 Å². The molecule has 1 aliphatic rings. The van der Waals surface area contributed by atoms with Crippen LogP contribution in [0.4, 0.5) is 14.9 Å². The molecule has 1 aliphatic heterocycles. The number of carboxylic acid groups (broad SMARTS) is 1. The third-order valence-electron chi connectivity index (χ3n) is 6.37. The third-order valence-corrected chi connectivity index (χ3v) is 6.37. The quantitative estimate of drug-likeness (QED) is 0.379. The molecule has 0 radical (unpaired) electrons. The Kier molecular flexibility index (Phi) is 7.26. The summed E-state index contributed by atoms with van der Waals surface area (Å²) in [7, 11) is 0. The van der Waals surface area contributed by atoms with Gasteiger partial charge in [-0.2, -0.15) is 10.4 Å². The average Bonchev–Trinajstić information content (AvgIpc) is 3.30. The van der Waals surface area contributed by atoms with Crippen LogP contribution in [0.2, 0.25) is 0 Å². The van der Waals surface area contributed by atoms with E-state index < -0.39 is 23.8 Å². The number of pyridine rings is 1. The number of carbonyl (C=O) groups is 2. The number of hydrogen-bond donors (Lipinski definition) is 4. The number of aliphatic hydroxyl groups is 1. The molecule has 3 aromatic heterocycles. The van der Waals surface area contributed by atoms with Crippen molar-refractivity contribution in [3.63, 3.8) is 0 Å². The number of likely N-dealkylation sites (tertiary alicyclic amines) is 1. The van der Waals surface area contributed by atoms with Crippen molar-refractivity contribution in [1.29, 1.82) is 5.26 Å². The molecule has 0 aromatic carbocycles. The van der Waals surface area contributed by atoms with Crippen LogP contribution in [0.15, 0.2) is 36.7 Å². The topological polar surface area (TPSA) is 156 Å². The van der Waals surface area contributed by atoms with Gasteiger partial charge in [0.15, 0.2) is 0 Å². The lowest BCUT2D eigenvalue weighted by molar-refractivity contribution is -0.00177. The number of anilines is 1. The van der Waals surface area contributed by atoms with Gasteiger partial charge in [-0.05, 0) is 51.0 Å². The first-order valence-electron chi connectivity index (χ1n) is 11.8. The number of carbonyl (C=O) groups excluding carboxylic acids is 1. The molecule has 1 saturated heterocycles. The zero-order valence-corrected chi connectivity index (χ0v) is 20.5. The van der Waals surface area contributed by atoms with Gasteiger partial charge in [0.1, 0.15) is 12.2 Å². The largest absolute Gasteiger partial charge is 0.465 e. The van der Waals surface area contributed by atoms with E-state index in [0.29, 0.717) is 54.1 Å². The van der Waals surface area contributed by atoms with Crippen LogP contribution in [-0.4, -0.2) is 79.2 Å². The molecule has 4 heterocycles. The molecule has 11 nitrogen and oxygen atoms in total. The van der Waals surface area contributed by atoms with E-state index in [2.05, 4.69) is 26.8 Å². The van der Waals surface area contributed by atoms with Gasteiger partial charge >= 0.3 is 6.09 Å². The van der Waals surface area contributed by atoms with Crippen LogP contribution in [0.1, 0.15) is 42.6 Å². The van der Waals surface area contributed by atoms with Gasteiger partial charge in [0.2, 0.25) is 0 Å². The minimum atomic E-state index is -1.67. The number of hydrogen-bond acceptors (Lipinski definition) is 7. The molecule has 4 N–H and O–H groups in total. The molecule has 4 rings (SSSR count). The van der Waals surface area contributed by atoms with E-state index >= 15 is 0 Å². The van der Waals surface area contributed by atoms with Gasteiger partial charge < -0.3 is 25.7 Å². The van der Waals surface area contributed by atoms with Crippen molar-refractivity contribution in [3.8, 4) is 17.5 Å². The Bertz CT molecular complexity index is 1350. The third kappa shape index (κ3) is 5.78. The number of nitrogens with zero attached hydrogens (tertiary/aromatic N) is 5. The van der Waals surface area contributed by atoms with Gasteiger partial charge in [-0.1, -0.05) is 0 Å². The standard InChI is InChI=1S/C25H28FN7O4/c1-25(2,37)22(26)14-29-23(34)18-13-28-20(21-4-3-17-9-15(11-27)12-30-33(17)21)10-19(18)31-16-5-7-32(8-6-16)24(35)36/h3-4,9-10,12-13,16,22,37H,5-8,14H2,1-2H3,(H,28,31)(H,29,34)(H,35,36)/t22-/m1/s1. The Morgan fingerprint density at radius 3 is 2.65 bits per heavy atom. The van der Waals surface area contributed by atoms with Crippen molar-refractivity contribution >= 4 is 23.2 Å². The fraction of sp³-hybridized carbons (Fsp3) is 0.400. The van der Waals surface area contributed by atoms with Crippen molar-refractivity contribution in [3.05, 3.63) is 47.8 Å². The zero-order valence-electron chi connectivity index (χ0n) is 20.5. The summed E-state index contributed by atoms with van der Waals surface area (Å²) in [5, 5.41) is 38.4. The van der Waals surface area contributed by atoms with Gasteiger partial charge in [-0.25, -0.2) is 13.7 Å². The molecule has 3 aromatic rings. The summed E-state index contributed by atoms with van der Waals surface area (Å²) in [6, 6.07) is 8.96.